The largest absolute Gasteiger partial charge is 0.325 e. The van der Waals surface area contributed by atoms with E-state index in [-0.39, 0.29) is 5.54 Å². The first-order valence-electron chi connectivity index (χ1n) is 6.73. The Morgan fingerprint density at radius 1 is 1.28 bits per heavy atom. The first-order valence-corrected chi connectivity index (χ1v) is 7.52. The second-order valence-electron chi connectivity index (χ2n) is 6.07. The third-order valence-corrected chi connectivity index (χ3v) is 4.11. The first kappa shape index (κ1) is 14.0. The molecule has 0 saturated carbocycles. The molecule has 0 radical (unpaired) electrons. The molecule has 2 nitrogen and oxygen atoms in total. The van der Waals surface area contributed by atoms with Gasteiger partial charge in [0.2, 0.25) is 0 Å². The third kappa shape index (κ3) is 4.08. The Bertz CT molecular complexity index is 403. The molecular weight excluding hydrogens is 288 g/mol. The fourth-order valence-corrected chi connectivity index (χ4v) is 3.09. The lowest BCUT2D eigenvalue weighted by Gasteiger charge is -2.20. The molecule has 100 valence electrons. The maximum absolute atomic E-state index is 6.06. The van der Waals surface area contributed by atoms with E-state index in [9.17, 15) is 0 Å². The molecule has 18 heavy (non-hydrogen) atoms. The van der Waals surface area contributed by atoms with Crippen molar-refractivity contribution in [2.75, 3.05) is 13.1 Å². The summed E-state index contributed by atoms with van der Waals surface area (Å²) in [7, 11) is 0. The van der Waals surface area contributed by atoms with Gasteiger partial charge >= 0.3 is 0 Å². The van der Waals surface area contributed by atoms with E-state index in [2.05, 4.69) is 52.9 Å². The van der Waals surface area contributed by atoms with Crippen LogP contribution in [0.4, 0.5) is 0 Å². The number of rotatable bonds is 4. The van der Waals surface area contributed by atoms with Gasteiger partial charge in [0, 0.05) is 16.6 Å². The van der Waals surface area contributed by atoms with Crippen LogP contribution < -0.4 is 5.73 Å². The van der Waals surface area contributed by atoms with Crippen molar-refractivity contribution in [2.45, 2.75) is 45.2 Å². The van der Waals surface area contributed by atoms with Crippen molar-refractivity contribution < 1.29 is 0 Å². The van der Waals surface area contributed by atoms with E-state index < -0.39 is 0 Å². The average Bonchev–Trinajstić information content (AvgIpc) is 2.72. The van der Waals surface area contributed by atoms with Gasteiger partial charge in [-0.25, -0.2) is 0 Å². The number of halogens is 1. The van der Waals surface area contributed by atoms with Gasteiger partial charge in [0.05, 0.1) is 0 Å². The molecule has 0 spiro atoms. The Labute approximate surface area is 119 Å². The molecule has 0 aliphatic carbocycles. The minimum Gasteiger partial charge on any atom is -0.325 e. The molecule has 1 heterocycles. The molecule has 1 aromatic carbocycles. The van der Waals surface area contributed by atoms with Gasteiger partial charge in [-0.05, 0) is 63.4 Å². The monoisotopic (exact) mass is 310 g/mol. The smallest absolute Gasteiger partial charge is 0.0244 e. The van der Waals surface area contributed by atoms with Gasteiger partial charge < -0.3 is 5.73 Å². The molecule has 3 heteroatoms. The maximum atomic E-state index is 6.06. The molecule has 1 aliphatic heterocycles. The summed E-state index contributed by atoms with van der Waals surface area (Å²) < 4.78 is 1.22. The summed E-state index contributed by atoms with van der Waals surface area (Å²) in [5.41, 5.74) is 8.61. The average molecular weight is 311 g/mol. The van der Waals surface area contributed by atoms with Crippen LogP contribution in [0.5, 0.6) is 0 Å². The fraction of sp³-hybridized carbons (Fsp3) is 0.600. The lowest BCUT2D eigenvalue weighted by Crippen LogP contribution is -2.34. The Morgan fingerprint density at radius 2 is 1.94 bits per heavy atom. The standard InChI is InChI=1S/C15H23BrN2/c1-15(2,17)10-12-5-6-13(14(16)9-12)11-18-7-3-4-8-18/h5-6,9H,3-4,7-8,10-11,17H2,1-2H3. The summed E-state index contributed by atoms with van der Waals surface area (Å²) in [6.45, 7) is 7.68. The van der Waals surface area contributed by atoms with E-state index in [0.29, 0.717) is 0 Å². The first-order chi connectivity index (χ1) is 8.44. The quantitative estimate of drug-likeness (QED) is 0.924. The zero-order valence-electron chi connectivity index (χ0n) is 11.4. The van der Waals surface area contributed by atoms with Gasteiger partial charge in [-0.15, -0.1) is 0 Å². The Morgan fingerprint density at radius 3 is 2.50 bits per heavy atom. The number of benzene rings is 1. The van der Waals surface area contributed by atoms with Crippen LogP contribution in [0.25, 0.3) is 0 Å². The molecule has 0 unspecified atom stereocenters. The number of likely N-dealkylation sites (tertiary alicyclic amines) is 1. The molecule has 1 aromatic rings. The van der Waals surface area contributed by atoms with Crippen molar-refractivity contribution in [3.05, 3.63) is 33.8 Å². The lowest BCUT2D eigenvalue weighted by atomic mass is 9.95. The summed E-state index contributed by atoms with van der Waals surface area (Å²) in [5, 5.41) is 0. The topological polar surface area (TPSA) is 29.3 Å². The van der Waals surface area contributed by atoms with Crippen LogP contribution >= 0.6 is 15.9 Å². The molecule has 0 bridgehead atoms. The highest BCUT2D eigenvalue weighted by atomic mass is 79.9. The van der Waals surface area contributed by atoms with Crippen LogP contribution in [-0.4, -0.2) is 23.5 Å². The van der Waals surface area contributed by atoms with Crippen molar-refractivity contribution in [1.82, 2.24) is 4.90 Å². The predicted molar refractivity (Wildman–Crippen MR) is 80.6 cm³/mol. The molecule has 1 saturated heterocycles. The normalized spacial score (nSPS) is 17.3. The predicted octanol–water partition coefficient (Wildman–Crippen LogP) is 3.32. The van der Waals surface area contributed by atoms with E-state index in [1.165, 1.54) is 41.5 Å². The number of hydrogen-bond donors (Lipinski definition) is 1. The number of nitrogens with zero attached hydrogens (tertiary/aromatic N) is 1. The fourth-order valence-electron chi connectivity index (χ4n) is 2.54. The van der Waals surface area contributed by atoms with Crippen molar-refractivity contribution in [3.63, 3.8) is 0 Å². The van der Waals surface area contributed by atoms with Crippen LogP contribution in [0.3, 0.4) is 0 Å². The second kappa shape index (κ2) is 5.72. The number of nitrogens with two attached hydrogens (primary N) is 1. The Kier molecular flexibility index (Phi) is 4.46. The van der Waals surface area contributed by atoms with Crippen LogP contribution in [0.15, 0.2) is 22.7 Å². The highest BCUT2D eigenvalue weighted by Crippen LogP contribution is 2.23. The molecular formula is C15H23BrN2. The summed E-state index contributed by atoms with van der Waals surface area (Å²) in [6, 6.07) is 6.67. The van der Waals surface area contributed by atoms with Crippen molar-refractivity contribution in [1.29, 1.82) is 0 Å². The van der Waals surface area contributed by atoms with Gasteiger partial charge in [-0.1, -0.05) is 28.1 Å². The van der Waals surface area contributed by atoms with E-state index in [1.54, 1.807) is 0 Å². The van der Waals surface area contributed by atoms with E-state index in [4.69, 9.17) is 5.73 Å². The summed E-state index contributed by atoms with van der Waals surface area (Å²) in [4.78, 5) is 2.52. The van der Waals surface area contributed by atoms with Gasteiger partial charge in [0.1, 0.15) is 0 Å². The minimum absolute atomic E-state index is 0.143. The molecule has 1 fully saturated rings. The molecule has 0 amide bonds. The van der Waals surface area contributed by atoms with Crippen LogP contribution in [0.2, 0.25) is 0 Å². The molecule has 2 N–H and O–H groups in total. The van der Waals surface area contributed by atoms with Crippen molar-refractivity contribution in [3.8, 4) is 0 Å². The van der Waals surface area contributed by atoms with Crippen molar-refractivity contribution >= 4 is 15.9 Å². The van der Waals surface area contributed by atoms with Crippen molar-refractivity contribution in [2.24, 2.45) is 5.73 Å². The van der Waals surface area contributed by atoms with Crippen LogP contribution in [0, 0.1) is 0 Å². The maximum Gasteiger partial charge on any atom is 0.0244 e. The summed E-state index contributed by atoms with van der Waals surface area (Å²) in [5.74, 6) is 0. The van der Waals surface area contributed by atoms with Crippen LogP contribution in [-0.2, 0) is 13.0 Å². The molecule has 1 aliphatic rings. The summed E-state index contributed by atoms with van der Waals surface area (Å²) >= 11 is 3.69. The zero-order valence-corrected chi connectivity index (χ0v) is 13.0. The molecule has 0 aromatic heterocycles. The second-order valence-corrected chi connectivity index (χ2v) is 6.93. The summed E-state index contributed by atoms with van der Waals surface area (Å²) in [6.07, 6.45) is 3.60. The van der Waals surface area contributed by atoms with Gasteiger partial charge in [0.25, 0.3) is 0 Å². The third-order valence-electron chi connectivity index (χ3n) is 3.37. The highest BCUT2D eigenvalue weighted by Gasteiger charge is 2.15. The van der Waals surface area contributed by atoms with E-state index in [1.807, 2.05) is 0 Å². The van der Waals surface area contributed by atoms with Gasteiger partial charge in [-0.3, -0.25) is 4.90 Å². The lowest BCUT2D eigenvalue weighted by molar-refractivity contribution is 0.331. The van der Waals surface area contributed by atoms with E-state index in [0.717, 1.165) is 13.0 Å². The number of hydrogen-bond acceptors (Lipinski definition) is 2. The molecule has 2 rings (SSSR count). The van der Waals surface area contributed by atoms with Gasteiger partial charge in [0.15, 0.2) is 0 Å². The SMILES string of the molecule is CC(C)(N)Cc1ccc(CN2CCCC2)c(Br)c1. The Balaban J connectivity index is 2.04. The van der Waals surface area contributed by atoms with E-state index >= 15 is 0 Å². The highest BCUT2D eigenvalue weighted by molar-refractivity contribution is 9.10. The zero-order chi connectivity index (χ0) is 13.2. The molecule has 0 atom stereocenters. The van der Waals surface area contributed by atoms with Crippen LogP contribution in [0.1, 0.15) is 37.8 Å². The van der Waals surface area contributed by atoms with Gasteiger partial charge in [-0.2, -0.15) is 0 Å². The Hall–Kier alpha value is -0.380. The minimum atomic E-state index is -0.143.